The smallest absolute Gasteiger partial charge is 0.317 e. The highest BCUT2D eigenvalue weighted by Gasteiger charge is 2.28. The number of benzene rings is 2. The fourth-order valence-corrected chi connectivity index (χ4v) is 4.23. The molecule has 2 aliphatic rings. The first kappa shape index (κ1) is 18.9. The van der Waals surface area contributed by atoms with Crippen LogP contribution in [0.1, 0.15) is 23.1 Å². The van der Waals surface area contributed by atoms with Crippen LogP contribution in [0.15, 0.2) is 42.5 Å². The van der Waals surface area contributed by atoms with Crippen LogP contribution in [0, 0.1) is 11.6 Å². The number of hydrogen-bond acceptors (Lipinski definition) is 2. The fourth-order valence-electron chi connectivity index (χ4n) is 4.23. The molecule has 148 valence electrons. The maximum atomic E-state index is 13.7. The van der Waals surface area contributed by atoms with Gasteiger partial charge in [0.15, 0.2) is 0 Å². The first-order valence-electron chi connectivity index (χ1n) is 9.87. The lowest BCUT2D eigenvalue weighted by Gasteiger charge is -2.41. The molecule has 1 fully saturated rings. The molecule has 6 heteroatoms. The molecule has 0 saturated carbocycles. The Labute approximate surface area is 164 Å². The minimum Gasteiger partial charge on any atom is -0.334 e. The average molecular weight is 385 g/mol. The summed E-state index contributed by atoms with van der Waals surface area (Å²) in [6, 6.07) is 12.4. The third-order valence-electron chi connectivity index (χ3n) is 5.88. The Morgan fingerprint density at radius 1 is 1.04 bits per heavy atom. The van der Waals surface area contributed by atoms with Gasteiger partial charge in [-0.05, 0) is 36.5 Å². The lowest BCUT2D eigenvalue weighted by molar-refractivity contribution is 0.101. The Kier molecular flexibility index (Phi) is 5.57. The van der Waals surface area contributed by atoms with E-state index in [0.717, 1.165) is 38.4 Å². The first-order chi connectivity index (χ1) is 13.6. The van der Waals surface area contributed by atoms with Crippen molar-refractivity contribution in [3.05, 3.63) is 70.8 Å². The molecule has 0 spiro atoms. The zero-order valence-corrected chi connectivity index (χ0v) is 15.8. The number of halogens is 2. The summed E-state index contributed by atoms with van der Waals surface area (Å²) in [6.45, 7) is 3.09. The van der Waals surface area contributed by atoms with Gasteiger partial charge in [0.2, 0.25) is 0 Å². The minimum atomic E-state index is -0.636. The van der Waals surface area contributed by atoms with Gasteiger partial charge in [0.05, 0.1) is 0 Å². The number of nitrogens with one attached hydrogen (secondary N) is 1. The number of carbonyl (C=O) groups excluding carboxylic acids is 1. The molecule has 2 amide bonds. The van der Waals surface area contributed by atoms with Gasteiger partial charge in [-0.2, -0.15) is 0 Å². The first-order valence-corrected chi connectivity index (χ1v) is 9.87. The molecule has 0 aromatic heterocycles. The lowest BCUT2D eigenvalue weighted by atomic mass is 9.87. The fraction of sp³-hybridized carbons (Fsp3) is 0.409. The molecule has 2 aromatic carbocycles. The quantitative estimate of drug-likeness (QED) is 0.880. The lowest BCUT2D eigenvalue weighted by Crippen LogP contribution is -2.55. The van der Waals surface area contributed by atoms with Crippen molar-refractivity contribution in [2.75, 3.05) is 26.2 Å². The van der Waals surface area contributed by atoms with E-state index in [1.165, 1.54) is 23.3 Å². The van der Waals surface area contributed by atoms with Gasteiger partial charge in [-0.1, -0.05) is 30.3 Å². The zero-order chi connectivity index (χ0) is 19.5. The molecule has 2 aromatic rings. The van der Waals surface area contributed by atoms with E-state index < -0.39 is 11.6 Å². The van der Waals surface area contributed by atoms with E-state index in [-0.39, 0.29) is 18.1 Å². The van der Waals surface area contributed by atoms with Crippen LogP contribution in [-0.2, 0) is 19.4 Å². The predicted octanol–water partition coefficient (Wildman–Crippen LogP) is 3.35. The second-order valence-corrected chi connectivity index (χ2v) is 7.58. The third kappa shape index (κ3) is 4.17. The van der Waals surface area contributed by atoms with Crippen LogP contribution in [0.3, 0.4) is 0 Å². The van der Waals surface area contributed by atoms with Crippen molar-refractivity contribution in [2.45, 2.75) is 31.8 Å². The third-order valence-corrected chi connectivity index (χ3v) is 5.88. The predicted molar refractivity (Wildman–Crippen MR) is 104 cm³/mol. The molecular weight excluding hydrogens is 360 g/mol. The molecule has 0 bridgehead atoms. The summed E-state index contributed by atoms with van der Waals surface area (Å²) in [5, 5.41) is 2.74. The number of rotatable bonds is 3. The number of amides is 2. The van der Waals surface area contributed by atoms with Crippen molar-refractivity contribution in [1.29, 1.82) is 0 Å². The number of urea groups is 1. The summed E-state index contributed by atoms with van der Waals surface area (Å²) in [5.74, 6) is -1.25. The van der Waals surface area contributed by atoms with Crippen molar-refractivity contribution in [3.8, 4) is 0 Å². The Bertz CT molecular complexity index is 849. The summed E-state index contributed by atoms with van der Waals surface area (Å²) in [6.07, 6.45) is 3.35. The van der Waals surface area contributed by atoms with E-state index in [9.17, 15) is 13.6 Å². The van der Waals surface area contributed by atoms with Crippen LogP contribution >= 0.6 is 0 Å². The molecule has 4 rings (SSSR count). The molecule has 1 heterocycles. The number of piperazine rings is 1. The van der Waals surface area contributed by atoms with Crippen LogP contribution in [0.5, 0.6) is 0 Å². The molecule has 4 nitrogen and oxygen atoms in total. The maximum Gasteiger partial charge on any atom is 0.317 e. The van der Waals surface area contributed by atoms with Gasteiger partial charge in [0.1, 0.15) is 11.6 Å². The van der Waals surface area contributed by atoms with Gasteiger partial charge in [-0.3, -0.25) is 4.90 Å². The summed E-state index contributed by atoms with van der Waals surface area (Å²) in [4.78, 5) is 16.7. The highest BCUT2D eigenvalue weighted by atomic mass is 19.1. The minimum absolute atomic E-state index is 0.0601. The summed E-state index contributed by atoms with van der Waals surface area (Å²) >= 11 is 0. The molecule has 0 radical (unpaired) electrons. The van der Waals surface area contributed by atoms with Crippen LogP contribution in [-0.4, -0.2) is 48.1 Å². The second-order valence-electron chi connectivity index (χ2n) is 7.58. The highest BCUT2D eigenvalue weighted by Crippen LogP contribution is 2.25. The Balaban J connectivity index is 1.26. The second kappa shape index (κ2) is 8.27. The molecule has 28 heavy (non-hydrogen) atoms. The molecule has 1 aliphatic heterocycles. The van der Waals surface area contributed by atoms with E-state index in [0.29, 0.717) is 19.1 Å². The van der Waals surface area contributed by atoms with E-state index in [2.05, 4.69) is 34.5 Å². The largest absolute Gasteiger partial charge is 0.334 e. The van der Waals surface area contributed by atoms with Crippen LogP contribution < -0.4 is 5.32 Å². The van der Waals surface area contributed by atoms with Crippen molar-refractivity contribution in [1.82, 2.24) is 15.1 Å². The summed E-state index contributed by atoms with van der Waals surface area (Å²) in [5.41, 5.74) is 3.19. The van der Waals surface area contributed by atoms with Crippen LogP contribution in [0.4, 0.5) is 13.6 Å². The van der Waals surface area contributed by atoms with E-state index in [4.69, 9.17) is 0 Å². The molecule has 1 saturated heterocycles. The van der Waals surface area contributed by atoms with Gasteiger partial charge in [0.25, 0.3) is 0 Å². The van der Waals surface area contributed by atoms with Gasteiger partial charge >= 0.3 is 6.03 Å². The molecule has 0 unspecified atom stereocenters. The molecule has 1 atom stereocenters. The van der Waals surface area contributed by atoms with Gasteiger partial charge < -0.3 is 10.2 Å². The van der Waals surface area contributed by atoms with Crippen LogP contribution in [0.25, 0.3) is 0 Å². The Morgan fingerprint density at radius 2 is 1.79 bits per heavy atom. The van der Waals surface area contributed by atoms with E-state index in [1.807, 2.05) is 0 Å². The van der Waals surface area contributed by atoms with Crippen molar-refractivity contribution in [3.63, 3.8) is 0 Å². The molecule has 1 N–H and O–H groups in total. The van der Waals surface area contributed by atoms with Gasteiger partial charge in [-0.15, -0.1) is 0 Å². The molecular formula is C22H25F2N3O. The van der Waals surface area contributed by atoms with E-state index >= 15 is 0 Å². The maximum absolute atomic E-state index is 13.7. The van der Waals surface area contributed by atoms with Gasteiger partial charge in [-0.25, -0.2) is 13.6 Å². The standard InChI is InChI=1S/C22H25F2N3O/c23-19-7-5-18(21(24)14-19)15-25-22(28)27-11-9-26(10-12-27)20-8-6-16-3-1-2-4-17(16)13-20/h1-5,7,14,20H,6,8-13,15H2,(H,25,28)/t20-/m1/s1. The monoisotopic (exact) mass is 385 g/mol. The number of carbonyl (C=O) groups is 1. The average Bonchev–Trinajstić information content (AvgIpc) is 2.72. The van der Waals surface area contributed by atoms with Crippen molar-refractivity contribution in [2.24, 2.45) is 0 Å². The van der Waals surface area contributed by atoms with Crippen LogP contribution in [0.2, 0.25) is 0 Å². The number of fused-ring (bicyclic) bond motifs is 1. The Hall–Kier alpha value is -2.47. The topological polar surface area (TPSA) is 35.6 Å². The van der Waals surface area contributed by atoms with E-state index in [1.54, 1.807) is 4.90 Å². The Morgan fingerprint density at radius 3 is 2.54 bits per heavy atom. The normalized spacial score (nSPS) is 19.9. The van der Waals surface area contributed by atoms with Crippen molar-refractivity contribution < 1.29 is 13.6 Å². The zero-order valence-electron chi connectivity index (χ0n) is 15.8. The number of aryl methyl sites for hydroxylation is 1. The number of nitrogens with zero attached hydrogens (tertiary/aromatic N) is 2. The van der Waals surface area contributed by atoms with Crippen molar-refractivity contribution >= 4 is 6.03 Å². The summed E-state index contributed by atoms with van der Waals surface area (Å²) in [7, 11) is 0. The van der Waals surface area contributed by atoms with Gasteiger partial charge in [0, 0.05) is 50.4 Å². The number of hydrogen-bond donors (Lipinski definition) is 1. The molecule has 1 aliphatic carbocycles. The highest BCUT2D eigenvalue weighted by molar-refractivity contribution is 5.74. The SMILES string of the molecule is O=C(NCc1ccc(F)cc1F)N1CCN([C@@H]2CCc3ccccc3C2)CC1. The summed E-state index contributed by atoms with van der Waals surface area (Å²) < 4.78 is 26.7.